The van der Waals surface area contributed by atoms with E-state index in [2.05, 4.69) is 5.32 Å². The van der Waals surface area contributed by atoms with Gasteiger partial charge in [-0.1, -0.05) is 84.8 Å². The van der Waals surface area contributed by atoms with Crippen LogP contribution in [0.15, 0.2) is 108 Å². The molecular weight excluding hydrogens is 589 g/mol. The summed E-state index contributed by atoms with van der Waals surface area (Å²) >= 11 is 0. The van der Waals surface area contributed by atoms with Gasteiger partial charge in [-0.3, -0.25) is 13.9 Å². The van der Waals surface area contributed by atoms with Gasteiger partial charge in [0.15, 0.2) is 0 Å². The Labute approximate surface area is 265 Å². The Morgan fingerprint density at radius 2 is 1.38 bits per heavy atom. The summed E-state index contributed by atoms with van der Waals surface area (Å²) < 4.78 is 43.1. The number of halogens is 1. The maximum atomic E-state index is 14.5. The number of hydrogen-bond donors (Lipinski definition) is 1. The average molecular weight is 630 g/mol. The lowest BCUT2D eigenvalue weighted by Gasteiger charge is -2.34. The number of benzene rings is 4. The van der Waals surface area contributed by atoms with Crippen LogP contribution in [0.2, 0.25) is 0 Å². The first-order valence-corrected chi connectivity index (χ1v) is 16.5. The lowest BCUT2D eigenvalue weighted by Crippen LogP contribution is -2.54. The second kappa shape index (κ2) is 15.0. The number of carbonyl (C=O) groups is 2. The minimum Gasteiger partial charge on any atom is -0.352 e. The third kappa shape index (κ3) is 8.79. The van der Waals surface area contributed by atoms with Crippen LogP contribution < -0.4 is 9.62 Å². The van der Waals surface area contributed by atoms with Crippen LogP contribution in [-0.4, -0.2) is 43.8 Å². The molecule has 0 aliphatic rings. The van der Waals surface area contributed by atoms with Crippen molar-refractivity contribution in [3.8, 4) is 0 Å². The molecule has 0 aliphatic heterocycles. The monoisotopic (exact) mass is 629 g/mol. The van der Waals surface area contributed by atoms with Crippen molar-refractivity contribution in [3.63, 3.8) is 0 Å². The Morgan fingerprint density at radius 1 is 0.800 bits per heavy atom. The van der Waals surface area contributed by atoms with E-state index in [-0.39, 0.29) is 29.8 Å². The fraction of sp³-hybridized carbons (Fsp3) is 0.278. The summed E-state index contributed by atoms with van der Waals surface area (Å²) in [5, 5.41) is 3.01. The smallest absolute Gasteiger partial charge is 0.264 e. The number of rotatable bonds is 13. The van der Waals surface area contributed by atoms with E-state index in [0.29, 0.717) is 17.7 Å². The van der Waals surface area contributed by atoms with Crippen LogP contribution in [0.1, 0.15) is 42.5 Å². The predicted octanol–water partition coefficient (Wildman–Crippen LogP) is 6.19. The maximum Gasteiger partial charge on any atom is 0.264 e. The molecule has 7 nitrogen and oxygen atoms in total. The molecule has 4 aromatic rings. The van der Waals surface area contributed by atoms with Gasteiger partial charge in [0.25, 0.3) is 10.0 Å². The molecule has 45 heavy (non-hydrogen) atoms. The third-order valence-electron chi connectivity index (χ3n) is 7.75. The standard InChI is InChI=1S/C36H40FN3O4S/c1-5-28(4)38-36(42)34(23-29-9-7-6-8-10-29)39(24-30-15-17-31(37)18-16-30)35(41)25-40(32-19-11-26(2)12-20-32)45(43,44)33-21-13-27(3)14-22-33/h6-22,28,34H,5,23-25H2,1-4H3,(H,38,42). The van der Waals surface area contributed by atoms with Gasteiger partial charge in [-0.2, -0.15) is 0 Å². The molecule has 1 N–H and O–H groups in total. The van der Waals surface area contributed by atoms with E-state index in [4.69, 9.17) is 0 Å². The number of sulfonamides is 1. The zero-order valence-corrected chi connectivity index (χ0v) is 26.9. The number of hydrogen-bond acceptors (Lipinski definition) is 4. The van der Waals surface area contributed by atoms with Gasteiger partial charge in [0, 0.05) is 19.0 Å². The molecule has 0 saturated heterocycles. The quantitative estimate of drug-likeness (QED) is 0.191. The minimum absolute atomic E-state index is 0.0309. The van der Waals surface area contributed by atoms with E-state index in [1.54, 1.807) is 48.5 Å². The molecule has 0 aromatic heterocycles. The molecule has 236 valence electrons. The van der Waals surface area contributed by atoms with Crippen LogP contribution in [0.4, 0.5) is 10.1 Å². The van der Waals surface area contributed by atoms with Gasteiger partial charge in [-0.25, -0.2) is 12.8 Å². The summed E-state index contributed by atoms with van der Waals surface area (Å²) in [6, 6.07) is 27.3. The number of nitrogens with zero attached hydrogens (tertiary/aromatic N) is 2. The molecule has 0 radical (unpaired) electrons. The first-order valence-electron chi connectivity index (χ1n) is 15.0. The topological polar surface area (TPSA) is 86.8 Å². The largest absolute Gasteiger partial charge is 0.352 e. The highest BCUT2D eigenvalue weighted by molar-refractivity contribution is 7.92. The Kier molecular flexibility index (Phi) is 11.1. The molecule has 0 spiro atoms. The summed E-state index contributed by atoms with van der Waals surface area (Å²) in [6.07, 6.45) is 0.886. The van der Waals surface area contributed by atoms with Crippen molar-refractivity contribution < 1.29 is 22.4 Å². The normalized spacial score (nSPS) is 12.6. The summed E-state index contributed by atoms with van der Waals surface area (Å²) in [6.45, 7) is 7.01. The summed E-state index contributed by atoms with van der Waals surface area (Å²) in [5.74, 6) is -1.36. The van der Waals surface area contributed by atoms with E-state index in [1.165, 1.54) is 29.2 Å². The molecule has 2 atom stereocenters. The van der Waals surface area contributed by atoms with Crippen LogP contribution in [0.25, 0.3) is 0 Å². The molecule has 2 amide bonds. The first kappa shape index (κ1) is 33.4. The van der Waals surface area contributed by atoms with Crippen molar-refractivity contribution in [2.45, 2.75) is 64.1 Å². The van der Waals surface area contributed by atoms with E-state index < -0.39 is 34.3 Å². The number of carbonyl (C=O) groups excluding carboxylic acids is 2. The number of amides is 2. The molecular formula is C36H40FN3O4S. The molecule has 0 heterocycles. The molecule has 0 fully saturated rings. The molecule has 2 unspecified atom stereocenters. The Hall–Kier alpha value is -4.50. The van der Waals surface area contributed by atoms with Gasteiger partial charge in [-0.15, -0.1) is 0 Å². The zero-order chi connectivity index (χ0) is 32.6. The van der Waals surface area contributed by atoms with Crippen LogP contribution in [0.5, 0.6) is 0 Å². The van der Waals surface area contributed by atoms with E-state index in [9.17, 15) is 22.4 Å². The van der Waals surface area contributed by atoms with E-state index in [0.717, 1.165) is 21.0 Å². The van der Waals surface area contributed by atoms with E-state index in [1.807, 2.05) is 58.0 Å². The number of anilines is 1. The number of nitrogens with one attached hydrogen (secondary N) is 1. The molecule has 0 aliphatic carbocycles. The summed E-state index contributed by atoms with van der Waals surface area (Å²) in [4.78, 5) is 29.8. The van der Waals surface area contributed by atoms with Gasteiger partial charge in [0.2, 0.25) is 11.8 Å². The van der Waals surface area contributed by atoms with Gasteiger partial charge in [0.05, 0.1) is 10.6 Å². The van der Waals surface area contributed by atoms with Crippen molar-refractivity contribution >= 4 is 27.5 Å². The molecule has 0 saturated carbocycles. The second-order valence-corrected chi connectivity index (χ2v) is 13.2. The summed E-state index contributed by atoms with van der Waals surface area (Å²) in [5.41, 5.74) is 3.58. The summed E-state index contributed by atoms with van der Waals surface area (Å²) in [7, 11) is -4.18. The molecule has 4 aromatic carbocycles. The highest BCUT2D eigenvalue weighted by atomic mass is 32.2. The number of aryl methyl sites for hydroxylation is 2. The fourth-order valence-electron chi connectivity index (χ4n) is 4.86. The fourth-order valence-corrected chi connectivity index (χ4v) is 6.27. The van der Waals surface area contributed by atoms with Crippen LogP contribution >= 0.6 is 0 Å². The average Bonchev–Trinajstić information content (AvgIpc) is 3.03. The Bertz CT molecular complexity index is 1680. The highest BCUT2D eigenvalue weighted by Gasteiger charge is 2.35. The van der Waals surface area contributed by atoms with Crippen molar-refractivity contribution in [1.82, 2.24) is 10.2 Å². The predicted molar refractivity (Wildman–Crippen MR) is 176 cm³/mol. The molecule has 4 rings (SSSR count). The van der Waals surface area contributed by atoms with Crippen molar-refractivity contribution in [2.24, 2.45) is 0 Å². The maximum absolute atomic E-state index is 14.5. The lowest BCUT2D eigenvalue weighted by molar-refractivity contribution is -0.140. The second-order valence-electron chi connectivity index (χ2n) is 11.3. The third-order valence-corrected chi connectivity index (χ3v) is 9.54. The van der Waals surface area contributed by atoms with E-state index >= 15 is 0 Å². The van der Waals surface area contributed by atoms with Gasteiger partial charge in [0.1, 0.15) is 18.4 Å². The van der Waals surface area contributed by atoms with Crippen molar-refractivity contribution in [3.05, 3.63) is 131 Å². The van der Waals surface area contributed by atoms with Crippen LogP contribution in [0, 0.1) is 19.7 Å². The molecule has 0 bridgehead atoms. The Balaban J connectivity index is 1.80. The van der Waals surface area contributed by atoms with Crippen LogP contribution in [0.3, 0.4) is 0 Å². The van der Waals surface area contributed by atoms with Crippen molar-refractivity contribution in [1.29, 1.82) is 0 Å². The Morgan fingerprint density at radius 3 is 1.96 bits per heavy atom. The van der Waals surface area contributed by atoms with Crippen LogP contribution in [-0.2, 0) is 32.6 Å². The zero-order valence-electron chi connectivity index (χ0n) is 26.1. The van der Waals surface area contributed by atoms with Gasteiger partial charge >= 0.3 is 0 Å². The highest BCUT2D eigenvalue weighted by Crippen LogP contribution is 2.26. The SMILES string of the molecule is CCC(C)NC(=O)C(Cc1ccccc1)N(Cc1ccc(F)cc1)C(=O)CN(c1ccc(C)cc1)S(=O)(=O)c1ccc(C)cc1. The molecule has 9 heteroatoms. The van der Waals surface area contributed by atoms with Crippen molar-refractivity contribution in [2.75, 3.05) is 10.8 Å². The van der Waals surface area contributed by atoms with Gasteiger partial charge < -0.3 is 10.2 Å². The first-order chi connectivity index (χ1) is 21.5. The van der Waals surface area contributed by atoms with Gasteiger partial charge in [-0.05, 0) is 74.7 Å². The minimum atomic E-state index is -4.18. The lowest BCUT2D eigenvalue weighted by atomic mass is 10.0.